The van der Waals surface area contributed by atoms with E-state index in [1.165, 1.54) is 0 Å². The van der Waals surface area contributed by atoms with E-state index in [0.29, 0.717) is 11.4 Å². The second-order valence-electron chi connectivity index (χ2n) is 5.59. The first-order valence-corrected chi connectivity index (χ1v) is 7.67. The fourth-order valence-electron chi connectivity index (χ4n) is 2.90. The number of fused-ring (bicyclic) bond motifs is 1. The van der Waals surface area contributed by atoms with Crippen molar-refractivity contribution < 1.29 is 9.21 Å². The summed E-state index contributed by atoms with van der Waals surface area (Å²) in [6.45, 7) is 0. The zero-order valence-corrected chi connectivity index (χ0v) is 13.2. The van der Waals surface area contributed by atoms with E-state index in [1.807, 2.05) is 43.4 Å². The number of carbonyl (C=O) groups is 1. The van der Waals surface area contributed by atoms with Crippen LogP contribution in [-0.4, -0.2) is 15.7 Å². The Hall–Kier alpha value is -2.53. The number of nitrogens with zero attached hydrogens (tertiary/aromatic N) is 2. The maximum atomic E-state index is 12.0. The minimum atomic E-state index is -0.117. The number of halogens is 1. The largest absolute Gasteiger partial charge is 0.460 e. The number of hydrogen-bond donors (Lipinski definition) is 1. The second kappa shape index (κ2) is 5.28. The van der Waals surface area contributed by atoms with Gasteiger partial charge in [0.15, 0.2) is 0 Å². The number of nitrogens with one attached hydrogen (secondary N) is 1. The van der Waals surface area contributed by atoms with Gasteiger partial charge in [-0.15, -0.1) is 0 Å². The number of benzene rings is 1. The molecule has 1 aliphatic rings. The van der Waals surface area contributed by atoms with Crippen LogP contribution in [0.25, 0.3) is 11.3 Å². The van der Waals surface area contributed by atoms with Crippen molar-refractivity contribution >= 4 is 23.3 Å². The molecule has 1 aliphatic heterocycles. The van der Waals surface area contributed by atoms with E-state index in [1.54, 1.807) is 10.9 Å². The summed E-state index contributed by atoms with van der Waals surface area (Å²) >= 11 is 5.92. The molecule has 0 fully saturated rings. The fraction of sp³-hybridized carbons (Fsp3) is 0.176. The van der Waals surface area contributed by atoms with Gasteiger partial charge in [0.1, 0.15) is 17.3 Å². The van der Waals surface area contributed by atoms with Crippen LogP contribution in [0.3, 0.4) is 0 Å². The summed E-state index contributed by atoms with van der Waals surface area (Å²) in [4.78, 5) is 12.0. The van der Waals surface area contributed by atoms with Crippen molar-refractivity contribution in [1.82, 2.24) is 9.78 Å². The van der Waals surface area contributed by atoms with E-state index in [0.717, 1.165) is 28.5 Å². The lowest BCUT2D eigenvalue weighted by Crippen LogP contribution is -2.24. The highest BCUT2D eigenvalue weighted by Gasteiger charge is 2.31. The molecule has 23 heavy (non-hydrogen) atoms. The molecular formula is C17H14ClN3O2. The number of rotatable bonds is 2. The number of hydrogen-bond acceptors (Lipinski definition) is 3. The van der Waals surface area contributed by atoms with E-state index in [9.17, 15) is 4.79 Å². The first kappa shape index (κ1) is 14.1. The van der Waals surface area contributed by atoms with Crippen molar-refractivity contribution in [3.05, 3.63) is 58.9 Å². The lowest BCUT2D eigenvalue weighted by molar-refractivity contribution is -0.116. The molecule has 0 spiro atoms. The van der Waals surface area contributed by atoms with Gasteiger partial charge in [-0.25, -0.2) is 0 Å². The molecule has 116 valence electrons. The average molecular weight is 328 g/mol. The third kappa shape index (κ3) is 2.43. The first-order chi connectivity index (χ1) is 11.1. The van der Waals surface area contributed by atoms with Crippen molar-refractivity contribution in [3.63, 3.8) is 0 Å². The summed E-state index contributed by atoms with van der Waals surface area (Å²) in [5, 5.41) is 7.77. The van der Waals surface area contributed by atoms with Crippen LogP contribution in [0.15, 0.2) is 47.0 Å². The molecule has 4 rings (SSSR count). The lowest BCUT2D eigenvalue weighted by atomic mass is 9.92. The molecule has 3 aromatic rings. The SMILES string of the molecule is Cn1ncc2c1NC(=O)C[C@@H]2c1ccc(-c2ccc(Cl)cc2)o1. The average Bonchev–Trinajstić information content (AvgIpc) is 3.16. The van der Waals surface area contributed by atoms with Crippen molar-refractivity contribution in [3.8, 4) is 11.3 Å². The highest BCUT2D eigenvalue weighted by atomic mass is 35.5. The number of anilines is 1. The van der Waals surface area contributed by atoms with Crippen LogP contribution in [0.1, 0.15) is 23.7 Å². The standard InChI is InChI=1S/C17H14ClN3O2/c1-21-17-13(9-19-21)12(8-16(22)20-17)15-7-6-14(23-15)10-2-4-11(18)5-3-10/h2-7,9,12H,8H2,1H3,(H,20,22)/t12-/m0/s1. The lowest BCUT2D eigenvalue weighted by Gasteiger charge is -2.21. The van der Waals surface area contributed by atoms with E-state index in [4.69, 9.17) is 16.0 Å². The van der Waals surface area contributed by atoms with Crippen LogP contribution >= 0.6 is 11.6 Å². The zero-order chi connectivity index (χ0) is 16.0. The molecule has 0 saturated heterocycles. The summed E-state index contributed by atoms with van der Waals surface area (Å²) in [7, 11) is 1.81. The molecule has 3 heterocycles. The first-order valence-electron chi connectivity index (χ1n) is 7.29. The van der Waals surface area contributed by atoms with Gasteiger partial charge in [-0.2, -0.15) is 5.10 Å². The Labute approximate surface area is 137 Å². The maximum absolute atomic E-state index is 12.0. The molecule has 0 radical (unpaired) electrons. The summed E-state index contributed by atoms with van der Waals surface area (Å²) in [6, 6.07) is 11.3. The van der Waals surface area contributed by atoms with Crippen LogP contribution in [0.4, 0.5) is 5.82 Å². The van der Waals surface area contributed by atoms with Crippen LogP contribution < -0.4 is 5.32 Å². The van der Waals surface area contributed by atoms with E-state index in [2.05, 4.69) is 10.4 Å². The number of furan rings is 1. The highest BCUT2D eigenvalue weighted by Crippen LogP contribution is 2.38. The van der Waals surface area contributed by atoms with Gasteiger partial charge in [0.2, 0.25) is 5.91 Å². The maximum Gasteiger partial charge on any atom is 0.226 e. The Morgan fingerprint density at radius 1 is 1.26 bits per heavy atom. The van der Waals surface area contributed by atoms with Crippen LogP contribution in [0, 0.1) is 0 Å². The fourth-order valence-corrected chi connectivity index (χ4v) is 3.03. The number of aromatic nitrogens is 2. The summed E-state index contributed by atoms with van der Waals surface area (Å²) in [5.74, 6) is 2.10. The molecule has 6 heteroatoms. The second-order valence-corrected chi connectivity index (χ2v) is 6.02. The molecule has 0 saturated carbocycles. The van der Waals surface area contributed by atoms with Crippen molar-refractivity contribution in [1.29, 1.82) is 0 Å². The van der Waals surface area contributed by atoms with Crippen LogP contribution in [-0.2, 0) is 11.8 Å². The Morgan fingerprint density at radius 2 is 2.04 bits per heavy atom. The van der Waals surface area contributed by atoms with E-state index >= 15 is 0 Å². The quantitative estimate of drug-likeness (QED) is 0.778. The summed E-state index contributed by atoms with van der Waals surface area (Å²) in [5.41, 5.74) is 1.93. The molecule has 0 aliphatic carbocycles. The van der Waals surface area contributed by atoms with E-state index in [-0.39, 0.29) is 11.8 Å². The Balaban J connectivity index is 1.72. The molecular weight excluding hydrogens is 314 g/mol. The van der Waals surface area contributed by atoms with Gasteiger partial charge in [-0.05, 0) is 36.4 Å². The van der Waals surface area contributed by atoms with Gasteiger partial charge < -0.3 is 9.73 Å². The molecule has 0 bridgehead atoms. The third-order valence-electron chi connectivity index (χ3n) is 4.09. The number of amides is 1. The van der Waals surface area contributed by atoms with Gasteiger partial charge in [0.25, 0.3) is 0 Å². The normalized spacial score (nSPS) is 17.0. The third-order valence-corrected chi connectivity index (χ3v) is 4.34. The summed E-state index contributed by atoms with van der Waals surface area (Å²) < 4.78 is 7.67. The monoisotopic (exact) mass is 327 g/mol. The highest BCUT2D eigenvalue weighted by molar-refractivity contribution is 6.30. The van der Waals surface area contributed by atoms with Crippen LogP contribution in [0.2, 0.25) is 5.02 Å². The Morgan fingerprint density at radius 3 is 2.83 bits per heavy atom. The molecule has 1 N–H and O–H groups in total. The minimum Gasteiger partial charge on any atom is -0.460 e. The Kier molecular flexibility index (Phi) is 3.23. The predicted octanol–water partition coefficient (Wildman–Crippen LogP) is 3.81. The van der Waals surface area contributed by atoms with Crippen molar-refractivity contribution in [2.24, 2.45) is 7.05 Å². The number of aryl methyl sites for hydroxylation is 1. The van der Waals surface area contributed by atoms with Gasteiger partial charge in [-0.1, -0.05) is 11.6 Å². The Bertz CT molecular complexity index is 880. The predicted molar refractivity (Wildman–Crippen MR) is 87.5 cm³/mol. The molecule has 2 aromatic heterocycles. The van der Waals surface area contributed by atoms with Gasteiger partial charge in [-0.3, -0.25) is 9.48 Å². The molecule has 1 atom stereocenters. The van der Waals surface area contributed by atoms with Gasteiger partial charge in [0, 0.05) is 29.6 Å². The molecule has 0 unspecified atom stereocenters. The smallest absolute Gasteiger partial charge is 0.226 e. The topological polar surface area (TPSA) is 60.1 Å². The van der Waals surface area contributed by atoms with Crippen LogP contribution in [0.5, 0.6) is 0 Å². The zero-order valence-electron chi connectivity index (χ0n) is 12.4. The number of carbonyl (C=O) groups excluding carboxylic acids is 1. The molecule has 1 amide bonds. The van der Waals surface area contributed by atoms with Crippen molar-refractivity contribution in [2.75, 3.05) is 5.32 Å². The summed E-state index contributed by atoms with van der Waals surface area (Å²) in [6.07, 6.45) is 2.14. The minimum absolute atomic E-state index is 0.0319. The van der Waals surface area contributed by atoms with Crippen molar-refractivity contribution in [2.45, 2.75) is 12.3 Å². The van der Waals surface area contributed by atoms with E-state index < -0.39 is 0 Å². The molecule has 1 aromatic carbocycles. The molecule has 5 nitrogen and oxygen atoms in total. The van der Waals surface area contributed by atoms with Gasteiger partial charge in [0.05, 0.1) is 12.1 Å². The van der Waals surface area contributed by atoms with Gasteiger partial charge >= 0.3 is 0 Å².